The Morgan fingerprint density at radius 3 is 2.90 bits per heavy atom. The molecule has 4 heteroatoms. The van der Waals surface area contributed by atoms with Gasteiger partial charge < -0.3 is 14.8 Å². The molecule has 21 heavy (non-hydrogen) atoms. The van der Waals surface area contributed by atoms with Crippen LogP contribution in [0.4, 0.5) is 5.69 Å². The van der Waals surface area contributed by atoms with Crippen molar-refractivity contribution in [3.63, 3.8) is 0 Å². The molecule has 0 amide bonds. The average molecular weight is 284 g/mol. The Kier molecular flexibility index (Phi) is 3.97. The normalized spacial score (nSPS) is 18.7. The third-order valence-corrected chi connectivity index (χ3v) is 4.33. The van der Waals surface area contributed by atoms with Crippen LogP contribution in [0, 0.1) is 6.92 Å². The molecule has 1 atom stereocenters. The van der Waals surface area contributed by atoms with Crippen molar-refractivity contribution in [3.8, 4) is 5.69 Å². The standard InChI is InChI=1S/C17H24N4/c1-13-6-7-15(9-16(13)20(2)3)21-12-19-11-17(21)14-5-4-8-18-10-14/h6-7,9,11-12,14,18H,4-5,8,10H2,1-3H3. The van der Waals surface area contributed by atoms with Crippen LogP contribution in [0.2, 0.25) is 0 Å². The van der Waals surface area contributed by atoms with Crippen molar-refractivity contribution in [1.29, 1.82) is 0 Å². The first-order chi connectivity index (χ1) is 10.2. The predicted octanol–water partition coefficient (Wildman–Crippen LogP) is 2.71. The van der Waals surface area contributed by atoms with Crippen molar-refractivity contribution in [1.82, 2.24) is 14.9 Å². The molecule has 1 saturated heterocycles. The minimum absolute atomic E-state index is 0.561. The quantitative estimate of drug-likeness (QED) is 0.941. The van der Waals surface area contributed by atoms with Crippen LogP contribution in [0.25, 0.3) is 5.69 Å². The summed E-state index contributed by atoms with van der Waals surface area (Å²) in [6.07, 6.45) is 6.44. The molecule has 0 saturated carbocycles. The van der Waals surface area contributed by atoms with Gasteiger partial charge in [-0.2, -0.15) is 0 Å². The van der Waals surface area contributed by atoms with E-state index < -0.39 is 0 Å². The molecule has 0 spiro atoms. The van der Waals surface area contributed by atoms with Gasteiger partial charge in [0, 0.05) is 49.8 Å². The molecule has 3 rings (SSSR count). The van der Waals surface area contributed by atoms with E-state index in [1.807, 2.05) is 12.5 Å². The van der Waals surface area contributed by atoms with E-state index in [1.165, 1.54) is 35.5 Å². The second-order valence-corrected chi connectivity index (χ2v) is 6.10. The zero-order valence-electron chi connectivity index (χ0n) is 13.1. The number of anilines is 1. The van der Waals surface area contributed by atoms with Gasteiger partial charge in [0.1, 0.15) is 0 Å². The maximum Gasteiger partial charge on any atom is 0.0994 e. The SMILES string of the molecule is Cc1ccc(-n2cncc2C2CCCNC2)cc1N(C)C. The van der Waals surface area contributed by atoms with E-state index in [2.05, 4.69) is 59.0 Å². The molecule has 4 nitrogen and oxygen atoms in total. The van der Waals surface area contributed by atoms with Gasteiger partial charge in [-0.25, -0.2) is 4.98 Å². The molecule has 1 aromatic heterocycles. The topological polar surface area (TPSA) is 33.1 Å². The van der Waals surface area contributed by atoms with Gasteiger partial charge in [-0.1, -0.05) is 6.07 Å². The van der Waals surface area contributed by atoms with Crippen LogP contribution in [0.15, 0.2) is 30.7 Å². The van der Waals surface area contributed by atoms with Gasteiger partial charge in [-0.15, -0.1) is 0 Å². The molecule has 1 fully saturated rings. The van der Waals surface area contributed by atoms with Gasteiger partial charge in [0.25, 0.3) is 0 Å². The van der Waals surface area contributed by atoms with E-state index in [0.29, 0.717) is 5.92 Å². The Balaban J connectivity index is 1.97. The lowest BCUT2D eigenvalue weighted by molar-refractivity contribution is 0.451. The van der Waals surface area contributed by atoms with E-state index in [-0.39, 0.29) is 0 Å². The van der Waals surface area contributed by atoms with Gasteiger partial charge in [-0.3, -0.25) is 0 Å². The summed E-state index contributed by atoms with van der Waals surface area (Å²) >= 11 is 0. The smallest absolute Gasteiger partial charge is 0.0994 e. The number of aromatic nitrogens is 2. The summed E-state index contributed by atoms with van der Waals surface area (Å²) in [6, 6.07) is 6.62. The fourth-order valence-electron chi connectivity index (χ4n) is 3.16. The number of aryl methyl sites for hydroxylation is 1. The molecule has 1 aliphatic rings. The second-order valence-electron chi connectivity index (χ2n) is 6.10. The fraction of sp³-hybridized carbons (Fsp3) is 0.471. The maximum absolute atomic E-state index is 4.39. The highest BCUT2D eigenvalue weighted by Gasteiger charge is 2.19. The van der Waals surface area contributed by atoms with Gasteiger partial charge >= 0.3 is 0 Å². The van der Waals surface area contributed by atoms with Crippen molar-refractivity contribution in [2.45, 2.75) is 25.7 Å². The predicted molar refractivity (Wildman–Crippen MR) is 87.5 cm³/mol. The number of hydrogen-bond acceptors (Lipinski definition) is 3. The number of hydrogen-bond donors (Lipinski definition) is 1. The van der Waals surface area contributed by atoms with Gasteiger partial charge in [-0.05, 0) is 44.0 Å². The largest absolute Gasteiger partial charge is 0.377 e. The lowest BCUT2D eigenvalue weighted by Gasteiger charge is -2.24. The molecule has 2 aromatic rings. The summed E-state index contributed by atoms with van der Waals surface area (Å²) < 4.78 is 2.24. The van der Waals surface area contributed by atoms with Crippen LogP contribution < -0.4 is 10.2 Å². The number of piperidine rings is 1. The first-order valence-electron chi connectivity index (χ1n) is 7.68. The van der Waals surface area contributed by atoms with Gasteiger partial charge in [0.15, 0.2) is 0 Å². The lowest BCUT2D eigenvalue weighted by atomic mass is 9.96. The third kappa shape index (κ3) is 2.81. The van der Waals surface area contributed by atoms with E-state index in [4.69, 9.17) is 0 Å². The van der Waals surface area contributed by atoms with Gasteiger partial charge in [0.2, 0.25) is 0 Å². The van der Waals surface area contributed by atoms with E-state index in [0.717, 1.165) is 13.1 Å². The lowest BCUT2D eigenvalue weighted by Crippen LogP contribution is -2.29. The average Bonchev–Trinajstić information content (AvgIpc) is 2.98. The molecule has 1 unspecified atom stereocenters. The van der Waals surface area contributed by atoms with Crippen LogP contribution in [-0.4, -0.2) is 36.7 Å². The van der Waals surface area contributed by atoms with Crippen molar-refractivity contribution in [3.05, 3.63) is 42.0 Å². The molecule has 1 aromatic carbocycles. The second kappa shape index (κ2) is 5.90. The zero-order chi connectivity index (χ0) is 14.8. The van der Waals surface area contributed by atoms with Crippen molar-refractivity contribution in [2.75, 3.05) is 32.1 Å². The highest BCUT2D eigenvalue weighted by atomic mass is 15.1. The first-order valence-corrected chi connectivity index (χ1v) is 7.68. The van der Waals surface area contributed by atoms with E-state index >= 15 is 0 Å². The Bertz CT molecular complexity index is 609. The number of benzene rings is 1. The molecule has 0 bridgehead atoms. The molecular weight excluding hydrogens is 260 g/mol. The third-order valence-electron chi connectivity index (χ3n) is 4.33. The fourth-order valence-corrected chi connectivity index (χ4v) is 3.16. The molecule has 1 aliphatic heterocycles. The van der Waals surface area contributed by atoms with Gasteiger partial charge in [0.05, 0.1) is 6.33 Å². The number of rotatable bonds is 3. The molecule has 2 heterocycles. The summed E-state index contributed by atoms with van der Waals surface area (Å²) in [7, 11) is 4.18. The molecule has 1 N–H and O–H groups in total. The number of nitrogens with one attached hydrogen (secondary N) is 1. The van der Waals surface area contributed by atoms with Crippen LogP contribution >= 0.6 is 0 Å². The highest BCUT2D eigenvalue weighted by molar-refractivity contribution is 5.58. The van der Waals surface area contributed by atoms with Crippen molar-refractivity contribution in [2.24, 2.45) is 0 Å². The zero-order valence-corrected chi connectivity index (χ0v) is 13.1. The highest BCUT2D eigenvalue weighted by Crippen LogP contribution is 2.28. The summed E-state index contributed by atoms with van der Waals surface area (Å²) in [5, 5.41) is 3.49. The van der Waals surface area contributed by atoms with Crippen LogP contribution in [0.5, 0.6) is 0 Å². The summed E-state index contributed by atoms with van der Waals surface area (Å²) in [6.45, 7) is 4.34. The van der Waals surface area contributed by atoms with Crippen LogP contribution in [-0.2, 0) is 0 Å². The summed E-state index contributed by atoms with van der Waals surface area (Å²) in [4.78, 5) is 6.56. The maximum atomic E-state index is 4.39. The molecule has 0 aliphatic carbocycles. The number of nitrogens with zero attached hydrogens (tertiary/aromatic N) is 3. The van der Waals surface area contributed by atoms with E-state index in [9.17, 15) is 0 Å². The summed E-state index contributed by atoms with van der Waals surface area (Å²) in [5.41, 5.74) is 5.07. The summed E-state index contributed by atoms with van der Waals surface area (Å²) in [5.74, 6) is 0.561. The molecule has 112 valence electrons. The van der Waals surface area contributed by atoms with Crippen molar-refractivity contribution >= 4 is 5.69 Å². The minimum Gasteiger partial charge on any atom is -0.377 e. The minimum atomic E-state index is 0.561. The Morgan fingerprint density at radius 1 is 1.33 bits per heavy atom. The first kappa shape index (κ1) is 14.1. The Morgan fingerprint density at radius 2 is 2.19 bits per heavy atom. The van der Waals surface area contributed by atoms with Crippen LogP contribution in [0.3, 0.4) is 0 Å². The Labute approximate surface area is 126 Å². The molecule has 0 radical (unpaired) electrons. The monoisotopic (exact) mass is 284 g/mol. The Hall–Kier alpha value is -1.81. The van der Waals surface area contributed by atoms with E-state index in [1.54, 1.807) is 0 Å². The number of imidazole rings is 1. The van der Waals surface area contributed by atoms with Crippen molar-refractivity contribution < 1.29 is 0 Å². The molecular formula is C17H24N4. The van der Waals surface area contributed by atoms with Crippen LogP contribution in [0.1, 0.15) is 30.0 Å².